The Kier molecular flexibility index (Phi) is 3.67. The van der Waals surface area contributed by atoms with Gasteiger partial charge in [0.1, 0.15) is 5.76 Å². The first-order valence-electron chi connectivity index (χ1n) is 6.48. The van der Waals surface area contributed by atoms with Crippen molar-refractivity contribution < 1.29 is 9.52 Å². The van der Waals surface area contributed by atoms with E-state index in [1.807, 2.05) is 19.1 Å². The fourth-order valence-electron chi connectivity index (χ4n) is 2.15. The molecule has 0 spiro atoms. The van der Waals surface area contributed by atoms with E-state index in [9.17, 15) is 0 Å². The van der Waals surface area contributed by atoms with Crippen LogP contribution in [0, 0.1) is 6.92 Å². The molecule has 1 aromatic carbocycles. The van der Waals surface area contributed by atoms with Gasteiger partial charge in [0.2, 0.25) is 5.89 Å². The number of hydrogen-bond acceptors (Lipinski definition) is 4. The lowest BCUT2D eigenvalue weighted by atomic mass is 10.1. The Balaban J connectivity index is 1.98. The summed E-state index contributed by atoms with van der Waals surface area (Å²) in [5.41, 5.74) is 4.14. The van der Waals surface area contributed by atoms with Gasteiger partial charge in [0.15, 0.2) is 0 Å². The smallest absolute Gasteiger partial charge is 0.226 e. The topological polar surface area (TPSA) is 46.3 Å². The van der Waals surface area contributed by atoms with Crippen molar-refractivity contribution in [3.05, 3.63) is 52.5 Å². The van der Waals surface area contributed by atoms with Crippen molar-refractivity contribution in [2.24, 2.45) is 0 Å². The van der Waals surface area contributed by atoms with E-state index in [-0.39, 0.29) is 6.61 Å². The van der Waals surface area contributed by atoms with E-state index in [0.717, 1.165) is 22.6 Å². The van der Waals surface area contributed by atoms with Crippen LogP contribution in [-0.4, -0.2) is 16.7 Å². The molecule has 0 amide bonds. The lowest BCUT2D eigenvalue weighted by Crippen LogP contribution is -1.92. The molecule has 0 aliphatic carbocycles. The molecule has 2 heterocycles. The van der Waals surface area contributed by atoms with E-state index in [1.165, 1.54) is 5.56 Å². The molecule has 3 rings (SSSR count). The fraction of sp³-hybridized carbons (Fsp3) is 0.188. The van der Waals surface area contributed by atoms with Gasteiger partial charge in [-0.25, -0.2) is 4.98 Å². The lowest BCUT2D eigenvalue weighted by Gasteiger charge is -2.00. The van der Waals surface area contributed by atoms with Crippen LogP contribution >= 0.6 is 11.3 Å². The fourth-order valence-corrected chi connectivity index (χ4v) is 2.81. The maximum atomic E-state index is 9.01. The number of aliphatic hydroxyl groups excluding tert-OH is 1. The molecule has 0 atom stereocenters. The predicted octanol–water partition coefficient (Wildman–Crippen LogP) is 3.91. The summed E-state index contributed by atoms with van der Waals surface area (Å²) >= 11 is 1.68. The number of aryl methyl sites for hydroxylation is 1. The molecule has 4 heteroatoms. The number of rotatable bonds is 4. The third-order valence-corrected chi connectivity index (χ3v) is 3.89. The minimum absolute atomic E-state index is 0.0851. The molecule has 0 bridgehead atoms. The predicted molar refractivity (Wildman–Crippen MR) is 80.8 cm³/mol. The van der Waals surface area contributed by atoms with Gasteiger partial charge in [-0.15, -0.1) is 0 Å². The van der Waals surface area contributed by atoms with E-state index >= 15 is 0 Å². The van der Waals surface area contributed by atoms with Crippen LogP contribution in [0.4, 0.5) is 0 Å². The molecular formula is C16H15NO2S. The molecule has 3 nitrogen and oxygen atoms in total. The summed E-state index contributed by atoms with van der Waals surface area (Å²) < 4.78 is 5.71. The standard InChI is InChI=1S/C16H15NO2S/c1-11-15(5-7-18)17-16(19-11)13-4-2-3-12(9-13)14-6-8-20-10-14/h2-4,6,8-10,18H,5,7H2,1H3. The molecule has 0 saturated heterocycles. The molecule has 0 aliphatic heterocycles. The molecule has 1 N–H and O–H groups in total. The van der Waals surface area contributed by atoms with E-state index in [0.29, 0.717) is 12.3 Å². The Hall–Kier alpha value is -1.91. The summed E-state index contributed by atoms with van der Waals surface area (Å²) in [4.78, 5) is 4.47. The van der Waals surface area contributed by atoms with Crippen LogP contribution in [0.1, 0.15) is 11.5 Å². The average molecular weight is 285 g/mol. The van der Waals surface area contributed by atoms with Crippen molar-refractivity contribution >= 4 is 11.3 Å². The summed E-state index contributed by atoms with van der Waals surface area (Å²) in [6.45, 7) is 1.96. The number of thiophene rings is 1. The summed E-state index contributed by atoms with van der Waals surface area (Å²) in [7, 11) is 0. The molecule has 0 unspecified atom stereocenters. The zero-order valence-electron chi connectivity index (χ0n) is 11.2. The van der Waals surface area contributed by atoms with Crippen molar-refractivity contribution in [2.45, 2.75) is 13.3 Å². The SMILES string of the molecule is Cc1oc(-c2cccc(-c3ccsc3)c2)nc1CCO. The number of hydrogen-bond donors (Lipinski definition) is 1. The quantitative estimate of drug-likeness (QED) is 0.790. The molecule has 0 radical (unpaired) electrons. The van der Waals surface area contributed by atoms with Crippen LogP contribution in [0.25, 0.3) is 22.6 Å². The van der Waals surface area contributed by atoms with Gasteiger partial charge in [-0.1, -0.05) is 12.1 Å². The highest BCUT2D eigenvalue weighted by Gasteiger charge is 2.11. The van der Waals surface area contributed by atoms with E-state index < -0.39 is 0 Å². The first-order chi connectivity index (χ1) is 9.78. The second-order valence-electron chi connectivity index (χ2n) is 4.59. The molecule has 0 fully saturated rings. The third kappa shape index (κ3) is 2.53. The van der Waals surface area contributed by atoms with E-state index in [4.69, 9.17) is 9.52 Å². The van der Waals surface area contributed by atoms with Crippen LogP contribution in [0.2, 0.25) is 0 Å². The first kappa shape index (κ1) is 13.1. The Morgan fingerprint density at radius 3 is 2.80 bits per heavy atom. The molecule has 20 heavy (non-hydrogen) atoms. The van der Waals surface area contributed by atoms with Crippen molar-refractivity contribution in [1.29, 1.82) is 0 Å². The highest BCUT2D eigenvalue weighted by Crippen LogP contribution is 2.28. The average Bonchev–Trinajstić information content (AvgIpc) is 3.10. The van der Waals surface area contributed by atoms with Crippen molar-refractivity contribution in [3.8, 4) is 22.6 Å². The highest BCUT2D eigenvalue weighted by molar-refractivity contribution is 7.08. The van der Waals surface area contributed by atoms with Gasteiger partial charge in [-0.3, -0.25) is 0 Å². The largest absolute Gasteiger partial charge is 0.441 e. The normalized spacial score (nSPS) is 10.9. The van der Waals surface area contributed by atoms with Gasteiger partial charge in [0.25, 0.3) is 0 Å². The summed E-state index contributed by atoms with van der Waals surface area (Å²) in [6, 6.07) is 10.3. The summed E-state index contributed by atoms with van der Waals surface area (Å²) in [5, 5.41) is 13.2. The number of nitrogens with zero attached hydrogens (tertiary/aromatic N) is 1. The number of oxazole rings is 1. The highest BCUT2D eigenvalue weighted by atomic mass is 32.1. The monoisotopic (exact) mass is 285 g/mol. The van der Waals surface area contributed by atoms with Gasteiger partial charge in [0.05, 0.1) is 5.69 Å². The molecule has 3 aromatic rings. The van der Waals surface area contributed by atoms with Gasteiger partial charge < -0.3 is 9.52 Å². The number of aromatic nitrogens is 1. The van der Waals surface area contributed by atoms with Crippen molar-refractivity contribution in [1.82, 2.24) is 4.98 Å². The Morgan fingerprint density at radius 2 is 2.05 bits per heavy atom. The summed E-state index contributed by atoms with van der Waals surface area (Å²) in [5.74, 6) is 1.39. The Morgan fingerprint density at radius 1 is 1.20 bits per heavy atom. The molecular weight excluding hydrogens is 270 g/mol. The third-order valence-electron chi connectivity index (χ3n) is 3.21. The zero-order valence-corrected chi connectivity index (χ0v) is 12.0. The van der Waals surface area contributed by atoms with E-state index in [2.05, 4.69) is 33.9 Å². The van der Waals surface area contributed by atoms with Crippen LogP contribution < -0.4 is 0 Å². The first-order valence-corrected chi connectivity index (χ1v) is 7.42. The second kappa shape index (κ2) is 5.61. The maximum Gasteiger partial charge on any atom is 0.226 e. The number of aliphatic hydroxyl groups is 1. The van der Waals surface area contributed by atoms with Gasteiger partial charge in [-0.2, -0.15) is 11.3 Å². The van der Waals surface area contributed by atoms with Crippen LogP contribution in [0.3, 0.4) is 0 Å². The molecule has 2 aromatic heterocycles. The molecule has 0 aliphatic rings. The maximum absolute atomic E-state index is 9.01. The minimum Gasteiger partial charge on any atom is -0.441 e. The van der Waals surface area contributed by atoms with Crippen LogP contribution in [-0.2, 0) is 6.42 Å². The molecule has 0 saturated carbocycles. The summed E-state index contributed by atoms with van der Waals surface area (Å²) in [6.07, 6.45) is 0.527. The van der Waals surface area contributed by atoms with Crippen molar-refractivity contribution in [3.63, 3.8) is 0 Å². The minimum atomic E-state index is 0.0851. The van der Waals surface area contributed by atoms with Gasteiger partial charge in [0, 0.05) is 18.6 Å². The van der Waals surface area contributed by atoms with Crippen molar-refractivity contribution in [2.75, 3.05) is 6.61 Å². The van der Waals surface area contributed by atoms with Crippen LogP contribution in [0.5, 0.6) is 0 Å². The Bertz CT molecular complexity index is 701. The van der Waals surface area contributed by atoms with Gasteiger partial charge in [-0.05, 0) is 47.0 Å². The van der Waals surface area contributed by atoms with Crippen LogP contribution in [0.15, 0.2) is 45.5 Å². The zero-order chi connectivity index (χ0) is 13.9. The Labute approximate surface area is 121 Å². The number of benzene rings is 1. The van der Waals surface area contributed by atoms with Gasteiger partial charge >= 0.3 is 0 Å². The van der Waals surface area contributed by atoms with E-state index in [1.54, 1.807) is 11.3 Å². The second-order valence-corrected chi connectivity index (χ2v) is 5.37. The molecule has 102 valence electrons. The lowest BCUT2D eigenvalue weighted by molar-refractivity contribution is 0.297.